The molecule has 0 N–H and O–H groups in total. The van der Waals surface area contributed by atoms with Gasteiger partial charge in [-0.3, -0.25) is 4.79 Å². The lowest BCUT2D eigenvalue weighted by atomic mass is 9.98. The molecule has 2 heterocycles. The van der Waals surface area contributed by atoms with E-state index >= 15 is 0 Å². The third-order valence-corrected chi connectivity index (χ3v) is 8.17. The van der Waals surface area contributed by atoms with Crippen molar-refractivity contribution in [1.29, 1.82) is 0 Å². The van der Waals surface area contributed by atoms with Gasteiger partial charge in [0.05, 0.1) is 10.9 Å². The van der Waals surface area contributed by atoms with E-state index in [1.54, 1.807) is 24.9 Å². The summed E-state index contributed by atoms with van der Waals surface area (Å²) in [6.07, 6.45) is 1.20. The minimum absolute atomic E-state index is 0.0379. The Kier molecular flexibility index (Phi) is 6.56. The molecule has 0 aliphatic carbocycles. The lowest BCUT2D eigenvalue weighted by Crippen LogP contribution is -2.46. The van der Waals surface area contributed by atoms with Crippen LogP contribution in [0.4, 0.5) is 5.69 Å². The van der Waals surface area contributed by atoms with E-state index in [0.717, 1.165) is 11.3 Å². The van der Waals surface area contributed by atoms with Gasteiger partial charge in [-0.1, -0.05) is 34.5 Å². The number of aromatic nitrogens is 2. The third-order valence-electron chi connectivity index (χ3n) is 5.82. The van der Waals surface area contributed by atoms with Crippen LogP contribution in [0, 0.1) is 19.8 Å². The lowest BCUT2D eigenvalue weighted by Gasteiger charge is -2.33. The van der Waals surface area contributed by atoms with Crippen molar-refractivity contribution < 1.29 is 17.7 Å². The summed E-state index contributed by atoms with van der Waals surface area (Å²) < 4.78 is 33.3. The van der Waals surface area contributed by atoms with Gasteiger partial charge in [0.1, 0.15) is 4.90 Å². The first-order chi connectivity index (χ1) is 15.7. The molecule has 10 heteroatoms. The Labute approximate surface area is 198 Å². The van der Waals surface area contributed by atoms with Crippen molar-refractivity contribution in [2.24, 2.45) is 5.92 Å². The molecule has 1 fully saturated rings. The van der Waals surface area contributed by atoms with Crippen molar-refractivity contribution >= 4 is 33.2 Å². The molecule has 8 nitrogen and oxygen atoms in total. The van der Waals surface area contributed by atoms with Crippen molar-refractivity contribution in [3.8, 4) is 11.4 Å². The Hall–Kier alpha value is -2.75. The Bertz CT molecular complexity index is 1270. The zero-order valence-electron chi connectivity index (χ0n) is 18.7. The fraction of sp³-hybridized carbons (Fsp3) is 0.348. The van der Waals surface area contributed by atoms with Crippen molar-refractivity contribution in [3.63, 3.8) is 0 Å². The smallest absolute Gasteiger partial charge is 0.244 e. The van der Waals surface area contributed by atoms with Gasteiger partial charge in [-0.2, -0.15) is 9.29 Å². The van der Waals surface area contributed by atoms with Crippen molar-refractivity contribution in [2.45, 2.75) is 31.6 Å². The van der Waals surface area contributed by atoms with Crippen LogP contribution in [0.25, 0.3) is 11.4 Å². The molecule has 1 saturated heterocycles. The maximum Gasteiger partial charge on any atom is 0.244 e. The highest BCUT2D eigenvalue weighted by atomic mass is 35.5. The van der Waals surface area contributed by atoms with E-state index in [0.29, 0.717) is 30.8 Å². The highest BCUT2D eigenvalue weighted by molar-refractivity contribution is 7.89. The molecule has 33 heavy (non-hydrogen) atoms. The number of piperidine rings is 1. The molecule has 0 bridgehead atoms. The first kappa shape index (κ1) is 23.4. The van der Waals surface area contributed by atoms with Gasteiger partial charge in [-0.15, -0.1) is 0 Å². The van der Waals surface area contributed by atoms with E-state index in [1.165, 1.54) is 16.4 Å². The quantitative estimate of drug-likeness (QED) is 0.537. The molecule has 2 aromatic carbocycles. The van der Waals surface area contributed by atoms with Crippen LogP contribution in [-0.4, -0.2) is 48.9 Å². The number of hydrogen-bond donors (Lipinski definition) is 0. The normalized spacial score (nSPS) is 17.2. The fourth-order valence-electron chi connectivity index (χ4n) is 3.93. The topological polar surface area (TPSA) is 96.6 Å². The number of nitrogens with zero attached hydrogens (tertiary/aromatic N) is 4. The van der Waals surface area contributed by atoms with Gasteiger partial charge in [0, 0.05) is 38.3 Å². The second-order valence-corrected chi connectivity index (χ2v) is 10.5. The summed E-state index contributed by atoms with van der Waals surface area (Å²) >= 11 is 6.29. The second kappa shape index (κ2) is 9.24. The zero-order chi connectivity index (χ0) is 23.8. The average molecular weight is 489 g/mol. The summed E-state index contributed by atoms with van der Waals surface area (Å²) in [5.74, 6) is 0.106. The van der Waals surface area contributed by atoms with E-state index in [2.05, 4.69) is 10.1 Å². The van der Waals surface area contributed by atoms with Crippen LogP contribution in [0.3, 0.4) is 0 Å². The predicted octanol–water partition coefficient (Wildman–Crippen LogP) is 4.07. The summed E-state index contributed by atoms with van der Waals surface area (Å²) in [6, 6.07) is 12.3. The largest absolute Gasteiger partial charge is 0.339 e. The summed E-state index contributed by atoms with van der Waals surface area (Å²) in [5.41, 5.74) is 2.36. The number of anilines is 1. The molecular formula is C23H25ClN4O4S. The SMILES string of the molecule is Cc1ccc(N(C)C(=O)C2CCCN(S(=O)(=O)c3cc(-c4noc(C)n4)ccc3Cl)C2)cc1. The summed E-state index contributed by atoms with van der Waals surface area (Å²) in [4.78, 5) is 18.9. The maximum atomic E-state index is 13.5. The number of rotatable bonds is 5. The number of amides is 1. The molecule has 3 aromatic rings. The van der Waals surface area contributed by atoms with Crippen molar-refractivity contribution in [1.82, 2.24) is 14.4 Å². The molecule has 1 aromatic heterocycles. The average Bonchev–Trinajstić information content (AvgIpc) is 3.25. The van der Waals surface area contributed by atoms with Crippen LogP contribution in [-0.2, 0) is 14.8 Å². The summed E-state index contributed by atoms with van der Waals surface area (Å²) in [5, 5.41) is 3.95. The molecule has 4 rings (SSSR count). The highest BCUT2D eigenvalue weighted by Crippen LogP contribution is 2.32. The van der Waals surface area contributed by atoms with Gasteiger partial charge < -0.3 is 9.42 Å². The standard InChI is InChI=1S/C23H25ClN4O4S/c1-15-6-9-19(10-7-15)27(3)23(29)18-5-4-12-28(14-18)33(30,31)21-13-17(8-11-20(21)24)22-25-16(2)32-26-22/h6-11,13,18H,4-5,12,14H2,1-3H3. The number of aryl methyl sites for hydroxylation is 2. The van der Waals surface area contributed by atoms with Crippen molar-refractivity contribution in [3.05, 3.63) is 58.9 Å². The molecule has 174 valence electrons. The van der Waals surface area contributed by atoms with Crippen LogP contribution in [0.15, 0.2) is 51.9 Å². The van der Waals surface area contributed by atoms with E-state index < -0.39 is 15.9 Å². The summed E-state index contributed by atoms with van der Waals surface area (Å²) in [6.45, 7) is 4.06. The molecule has 1 amide bonds. The van der Waals surface area contributed by atoms with Crippen LogP contribution in [0.5, 0.6) is 0 Å². The van der Waals surface area contributed by atoms with E-state index in [-0.39, 0.29) is 28.2 Å². The zero-order valence-corrected chi connectivity index (χ0v) is 20.2. The fourth-order valence-corrected chi connectivity index (χ4v) is 5.95. The molecule has 0 saturated carbocycles. The number of sulfonamides is 1. The van der Waals surface area contributed by atoms with E-state index in [1.807, 2.05) is 31.2 Å². The molecule has 0 spiro atoms. The number of benzene rings is 2. The van der Waals surface area contributed by atoms with E-state index in [4.69, 9.17) is 16.1 Å². The van der Waals surface area contributed by atoms with Gasteiger partial charge in [-0.25, -0.2) is 8.42 Å². The van der Waals surface area contributed by atoms with Gasteiger partial charge in [-0.05, 0) is 50.1 Å². The molecule has 1 aliphatic heterocycles. The van der Waals surface area contributed by atoms with Crippen molar-refractivity contribution in [2.75, 3.05) is 25.0 Å². The third kappa shape index (κ3) is 4.80. The van der Waals surface area contributed by atoms with Crippen LogP contribution >= 0.6 is 11.6 Å². The minimum atomic E-state index is -3.93. The number of halogens is 1. The Morgan fingerprint density at radius 3 is 2.58 bits per heavy atom. The predicted molar refractivity (Wildman–Crippen MR) is 126 cm³/mol. The number of carbonyl (C=O) groups excluding carboxylic acids is 1. The minimum Gasteiger partial charge on any atom is -0.339 e. The van der Waals surface area contributed by atoms with E-state index in [9.17, 15) is 13.2 Å². The summed E-state index contributed by atoms with van der Waals surface area (Å²) in [7, 11) is -2.22. The lowest BCUT2D eigenvalue weighted by molar-refractivity contribution is -0.123. The molecule has 0 radical (unpaired) electrons. The second-order valence-electron chi connectivity index (χ2n) is 8.22. The highest BCUT2D eigenvalue weighted by Gasteiger charge is 2.36. The molecule has 1 unspecified atom stereocenters. The van der Waals surface area contributed by atoms with Crippen LogP contribution in [0.1, 0.15) is 24.3 Å². The van der Waals surface area contributed by atoms with Gasteiger partial charge in [0.15, 0.2) is 0 Å². The number of hydrogen-bond acceptors (Lipinski definition) is 6. The number of carbonyl (C=O) groups is 1. The molecular weight excluding hydrogens is 464 g/mol. The Morgan fingerprint density at radius 1 is 1.18 bits per heavy atom. The first-order valence-corrected chi connectivity index (χ1v) is 12.4. The Morgan fingerprint density at radius 2 is 1.91 bits per heavy atom. The van der Waals surface area contributed by atoms with Gasteiger partial charge in [0.2, 0.25) is 27.6 Å². The van der Waals surface area contributed by atoms with Gasteiger partial charge in [0.25, 0.3) is 0 Å². The van der Waals surface area contributed by atoms with Crippen LogP contribution in [0.2, 0.25) is 5.02 Å². The monoisotopic (exact) mass is 488 g/mol. The molecule has 1 aliphatic rings. The Balaban J connectivity index is 1.57. The van der Waals surface area contributed by atoms with Gasteiger partial charge >= 0.3 is 0 Å². The maximum absolute atomic E-state index is 13.5. The van der Waals surface area contributed by atoms with Crippen LogP contribution < -0.4 is 4.90 Å². The first-order valence-electron chi connectivity index (χ1n) is 10.6. The molecule has 1 atom stereocenters.